The molecule has 6 nitrogen and oxygen atoms in total. The summed E-state index contributed by atoms with van der Waals surface area (Å²) in [6.07, 6.45) is 1.44. The van der Waals surface area contributed by atoms with Crippen LogP contribution in [0.5, 0.6) is 5.75 Å². The van der Waals surface area contributed by atoms with Crippen molar-refractivity contribution < 1.29 is 19.0 Å². The van der Waals surface area contributed by atoms with Crippen LogP contribution in [0.1, 0.15) is 17.4 Å². The summed E-state index contributed by atoms with van der Waals surface area (Å²) in [7, 11) is 1.55. The third kappa shape index (κ3) is 3.42. The summed E-state index contributed by atoms with van der Waals surface area (Å²) in [4.78, 5) is 16.1. The van der Waals surface area contributed by atoms with Crippen molar-refractivity contribution in [2.45, 2.75) is 19.1 Å². The number of hydrogen-bond acceptors (Lipinski definition) is 5. The van der Waals surface area contributed by atoms with E-state index in [1.165, 1.54) is 0 Å². The van der Waals surface area contributed by atoms with Crippen molar-refractivity contribution in [3.63, 3.8) is 0 Å². The lowest BCUT2D eigenvalue weighted by Gasteiger charge is -2.18. The molecule has 1 aliphatic heterocycles. The fourth-order valence-electron chi connectivity index (χ4n) is 1.95. The lowest BCUT2D eigenvalue weighted by molar-refractivity contribution is 0.0402. The highest BCUT2D eigenvalue weighted by atomic mass is 16.5. The second-order valence-electron chi connectivity index (χ2n) is 4.19. The molecule has 104 valence electrons. The van der Waals surface area contributed by atoms with Gasteiger partial charge in [0.15, 0.2) is 0 Å². The van der Waals surface area contributed by atoms with E-state index in [2.05, 4.69) is 10.3 Å². The van der Waals surface area contributed by atoms with Crippen LogP contribution in [-0.4, -0.2) is 50.0 Å². The Balaban J connectivity index is 1.99. The molecule has 0 bridgehead atoms. The van der Waals surface area contributed by atoms with Crippen molar-refractivity contribution in [1.29, 1.82) is 0 Å². The molecule has 1 aromatic heterocycles. The molecule has 0 saturated carbocycles. The Morgan fingerprint density at radius 1 is 1.58 bits per heavy atom. The monoisotopic (exact) mass is 266 g/mol. The van der Waals surface area contributed by atoms with Gasteiger partial charge in [0.05, 0.1) is 26.4 Å². The van der Waals surface area contributed by atoms with Crippen LogP contribution in [-0.2, 0) is 9.47 Å². The van der Waals surface area contributed by atoms with Crippen LogP contribution in [0.2, 0.25) is 0 Å². The molecule has 0 aliphatic carbocycles. The molecule has 1 amide bonds. The Bertz CT molecular complexity index is 438. The summed E-state index contributed by atoms with van der Waals surface area (Å²) in [6, 6.07) is 3.15. The molecule has 2 rings (SSSR count). The summed E-state index contributed by atoms with van der Waals surface area (Å²) in [5.41, 5.74) is 0.321. The van der Waals surface area contributed by atoms with E-state index in [4.69, 9.17) is 14.2 Å². The van der Waals surface area contributed by atoms with Gasteiger partial charge in [0.1, 0.15) is 17.5 Å². The van der Waals surface area contributed by atoms with Crippen LogP contribution in [0.3, 0.4) is 0 Å². The first-order chi connectivity index (χ1) is 9.24. The number of pyridine rings is 1. The van der Waals surface area contributed by atoms with Gasteiger partial charge in [-0.15, -0.1) is 0 Å². The predicted molar refractivity (Wildman–Crippen MR) is 68.3 cm³/mol. The molecule has 0 radical (unpaired) electrons. The van der Waals surface area contributed by atoms with Gasteiger partial charge in [0.25, 0.3) is 5.91 Å². The number of nitrogens with one attached hydrogen (secondary N) is 1. The highest BCUT2D eigenvalue weighted by Gasteiger charge is 2.30. The van der Waals surface area contributed by atoms with Gasteiger partial charge in [0, 0.05) is 18.9 Å². The zero-order valence-corrected chi connectivity index (χ0v) is 11.1. The largest absolute Gasteiger partial charge is 0.497 e. The van der Waals surface area contributed by atoms with Crippen LogP contribution in [0.25, 0.3) is 0 Å². The van der Waals surface area contributed by atoms with Gasteiger partial charge in [-0.05, 0) is 13.0 Å². The Hall–Kier alpha value is -1.66. The first kappa shape index (κ1) is 13.8. The second kappa shape index (κ2) is 6.49. The van der Waals surface area contributed by atoms with E-state index in [1.807, 2.05) is 6.92 Å². The maximum absolute atomic E-state index is 12.1. The molecule has 1 aliphatic rings. The maximum Gasteiger partial charge on any atom is 0.270 e. The fraction of sp³-hybridized carbons (Fsp3) is 0.538. The van der Waals surface area contributed by atoms with Crippen LogP contribution in [0.4, 0.5) is 0 Å². The Morgan fingerprint density at radius 3 is 3.16 bits per heavy atom. The first-order valence-electron chi connectivity index (χ1n) is 6.25. The first-order valence-corrected chi connectivity index (χ1v) is 6.25. The SMILES string of the molecule is CCO[C@H]1COC[C@@H]1NC(=O)c1cc(OC)ccn1. The standard InChI is InChI=1S/C13H18N2O4/c1-3-19-12-8-18-7-11(12)15-13(16)10-6-9(17-2)4-5-14-10/h4-6,11-12H,3,7-8H2,1-2H3,(H,15,16)/t11-,12-/m0/s1. The van der Waals surface area contributed by atoms with Crippen molar-refractivity contribution in [2.75, 3.05) is 26.9 Å². The van der Waals surface area contributed by atoms with Gasteiger partial charge in [-0.1, -0.05) is 0 Å². The number of amides is 1. The van der Waals surface area contributed by atoms with Crippen molar-refractivity contribution in [3.8, 4) is 5.75 Å². The average molecular weight is 266 g/mol. The van der Waals surface area contributed by atoms with Gasteiger partial charge in [-0.25, -0.2) is 0 Å². The van der Waals surface area contributed by atoms with E-state index >= 15 is 0 Å². The number of carbonyl (C=O) groups excluding carboxylic acids is 1. The zero-order valence-electron chi connectivity index (χ0n) is 11.1. The van der Waals surface area contributed by atoms with E-state index in [1.54, 1.807) is 25.4 Å². The lowest BCUT2D eigenvalue weighted by atomic mass is 10.2. The topological polar surface area (TPSA) is 69.7 Å². The van der Waals surface area contributed by atoms with Crippen molar-refractivity contribution in [1.82, 2.24) is 10.3 Å². The number of ether oxygens (including phenoxy) is 3. The number of rotatable bonds is 5. The highest BCUT2D eigenvalue weighted by molar-refractivity contribution is 5.92. The molecule has 1 aromatic rings. The molecule has 0 spiro atoms. The maximum atomic E-state index is 12.1. The summed E-state index contributed by atoms with van der Waals surface area (Å²) >= 11 is 0. The molecule has 0 unspecified atom stereocenters. The summed E-state index contributed by atoms with van der Waals surface area (Å²) in [6.45, 7) is 3.48. The van der Waals surface area contributed by atoms with Gasteiger partial charge >= 0.3 is 0 Å². The third-order valence-electron chi connectivity index (χ3n) is 2.93. The van der Waals surface area contributed by atoms with Gasteiger partial charge < -0.3 is 19.5 Å². The molecular weight excluding hydrogens is 248 g/mol. The minimum absolute atomic E-state index is 0.0976. The molecule has 2 atom stereocenters. The van der Waals surface area contributed by atoms with Gasteiger partial charge in [0.2, 0.25) is 0 Å². The van der Waals surface area contributed by atoms with Crippen LogP contribution < -0.4 is 10.1 Å². The van der Waals surface area contributed by atoms with E-state index in [9.17, 15) is 4.79 Å². The van der Waals surface area contributed by atoms with E-state index in [0.29, 0.717) is 31.3 Å². The Kier molecular flexibility index (Phi) is 4.70. The Morgan fingerprint density at radius 2 is 2.42 bits per heavy atom. The number of aromatic nitrogens is 1. The number of nitrogens with zero attached hydrogens (tertiary/aromatic N) is 1. The molecule has 1 N–H and O–H groups in total. The van der Waals surface area contributed by atoms with Crippen LogP contribution >= 0.6 is 0 Å². The van der Waals surface area contributed by atoms with Crippen molar-refractivity contribution >= 4 is 5.91 Å². The lowest BCUT2D eigenvalue weighted by Crippen LogP contribution is -2.44. The number of methoxy groups -OCH3 is 1. The fourth-order valence-corrected chi connectivity index (χ4v) is 1.95. The summed E-state index contributed by atoms with van der Waals surface area (Å²) in [5.74, 6) is 0.350. The van der Waals surface area contributed by atoms with Gasteiger partial charge in [-0.2, -0.15) is 0 Å². The minimum atomic E-state index is -0.251. The summed E-state index contributed by atoms with van der Waals surface area (Å²) < 4.78 is 15.9. The third-order valence-corrected chi connectivity index (χ3v) is 2.93. The molecule has 2 heterocycles. The zero-order chi connectivity index (χ0) is 13.7. The van der Waals surface area contributed by atoms with Crippen LogP contribution in [0.15, 0.2) is 18.3 Å². The molecule has 19 heavy (non-hydrogen) atoms. The molecule has 0 aromatic carbocycles. The van der Waals surface area contributed by atoms with E-state index in [-0.39, 0.29) is 18.1 Å². The highest BCUT2D eigenvalue weighted by Crippen LogP contribution is 2.13. The van der Waals surface area contributed by atoms with E-state index in [0.717, 1.165) is 0 Å². The second-order valence-corrected chi connectivity index (χ2v) is 4.19. The molecule has 1 fully saturated rings. The van der Waals surface area contributed by atoms with Crippen molar-refractivity contribution in [2.24, 2.45) is 0 Å². The smallest absolute Gasteiger partial charge is 0.270 e. The molecule has 6 heteroatoms. The predicted octanol–water partition coefficient (Wildman–Crippen LogP) is 0.624. The number of carbonyl (C=O) groups is 1. The summed E-state index contributed by atoms with van der Waals surface area (Å²) in [5, 5.41) is 2.87. The molecular formula is C13H18N2O4. The van der Waals surface area contributed by atoms with E-state index < -0.39 is 0 Å². The average Bonchev–Trinajstić information content (AvgIpc) is 2.86. The quantitative estimate of drug-likeness (QED) is 0.846. The normalized spacial score (nSPS) is 22.2. The minimum Gasteiger partial charge on any atom is -0.497 e. The van der Waals surface area contributed by atoms with Crippen LogP contribution in [0, 0.1) is 0 Å². The van der Waals surface area contributed by atoms with Gasteiger partial charge in [-0.3, -0.25) is 9.78 Å². The number of hydrogen-bond donors (Lipinski definition) is 1. The van der Waals surface area contributed by atoms with Crippen molar-refractivity contribution in [3.05, 3.63) is 24.0 Å². The molecule has 1 saturated heterocycles. The Labute approximate surface area is 112 Å².